The third-order valence-corrected chi connectivity index (χ3v) is 5.89. The summed E-state index contributed by atoms with van der Waals surface area (Å²) < 4.78 is 0. The third-order valence-electron chi connectivity index (χ3n) is 5.89. The molecule has 0 nitrogen and oxygen atoms in total. The zero-order valence-corrected chi connectivity index (χ0v) is 14.0. The van der Waals surface area contributed by atoms with Gasteiger partial charge in [-0.1, -0.05) is 85.2 Å². The van der Waals surface area contributed by atoms with Crippen LogP contribution in [0.1, 0.15) is 36.8 Å². The first kappa shape index (κ1) is 14.0. The van der Waals surface area contributed by atoms with E-state index < -0.39 is 0 Å². The Labute approximate surface area is 143 Å². The van der Waals surface area contributed by atoms with Crippen LogP contribution in [0.4, 0.5) is 0 Å². The molecule has 0 aliphatic heterocycles. The van der Waals surface area contributed by atoms with Crippen molar-refractivity contribution in [2.75, 3.05) is 0 Å². The highest BCUT2D eigenvalue weighted by molar-refractivity contribution is 5.98. The summed E-state index contributed by atoms with van der Waals surface area (Å²) in [7, 11) is 0. The van der Waals surface area contributed by atoms with Crippen LogP contribution >= 0.6 is 0 Å². The first-order valence-corrected chi connectivity index (χ1v) is 9.21. The van der Waals surface area contributed by atoms with Gasteiger partial charge in [-0.2, -0.15) is 0 Å². The van der Waals surface area contributed by atoms with Gasteiger partial charge in [0.05, 0.1) is 0 Å². The lowest BCUT2D eigenvalue weighted by molar-refractivity contribution is 0.635. The Kier molecular flexibility index (Phi) is 3.29. The van der Waals surface area contributed by atoms with E-state index in [1.165, 1.54) is 58.7 Å². The van der Waals surface area contributed by atoms with Gasteiger partial charge in [-0.25, -0.2) is 0 Å². The van der Waals surface area contributed by atoms with Crippen LogP contribution in [0.2, 0.25) is 0 Å². The fourth-order valence-corrected chi connectivity index (χ4v) is 4.66. The van der Waals surface area contributed by atoms with Crippen LogP contribution in [-0.2, 0) is 6.42 Å². The monoisotopic (exact) mass is 310 g/mol. The molecule has 3 aromatic carbocycles. The minimum absolute atomic E-state index is 0.831. The normalized spacial score (nSPS) is 17.2. The lowest BCUT2D eigenvalue weighted by Crippen LogP contribution is -1.99. The molecule has 0 aromatic heterocycles. The Bertz CT molecular complexity index is 934. The van der Waals surface area contributed by atoms with Gasteiger partial charge < -0.3 is 0 Å². The zero-order valence-electron chi connectivity index (χ0n) is 14.0. The number of hydrogen-bond acceptors (Lipinski definition) is 0. The number of allylic oxidation sites excluding steroid dienone is 1. The Hall–Kier alpha value is -2.34. The minimum Gasteiger partial charge on any atom is -0.0621 e. The Morgan fingerprint density at radius 1 is 0.708 bits per heavy atom. The van der Waals surface area contributed by atoms with Crippen LogP contribution in [-0.4, -0.2) is 0 Å². The molecule has 0 amide bonds. The minimum atomic E-state index is 0.831. The number of hydrogen-bond donors (Lipinski definition) is 0. The molecule has 1 saturated carbocycles. The van der Waals surface area contributed by atoms with Gasteiger partial charge in [0.15, 0.2) is 0 Å². The van der Waals surface area contributed by atoms with Crippen molar-refractivity contribution in [3.63, 3.8) is 0 Å². The lowest BCUT2D eigenvalue weighted by atomic mass is 9.90. The molecule has 0 saturated heterocycles. The molecule has 0 heterocycles. The van der Waals surface area contributed by atoms with Crippen LogP contribution in [0, 0.1) is 5.92 Å². The van der Waals surface area contributed by atoms with Crippen LogP contribution in [0.15, 0.2) is 66.2 Å². The first-order chi connectivity index (χ1) is 11.9. The van der Waals surface area contributed by atoms with Gasteiger partial charge in [-0.15, -0.1) is 0 Å². The molecule has 118 valence electrons. The smallest absolute Gasteiger partial charge is 0.00489 e. The third kappa shape index (κ3) is 2.21. The molecule has 0 unspecified atom stereocenters. The second-order valence-electron chi connectivity index (χ2n) is 7.28. The van der Waals surface area contributed by atoms with Crippen molar-refractivity contribution in [1.29, 1.82) is 0 Å². The fraction of sp³-hybridized carbons (Fsp3) is 0.250. The van der Waals surface area contributed by atoms with E-state index in [2.05, 4.69) is 66.7 Å². The van der Waals surface area contributed by atoms with Crippen LogP contribution in [0.5, 0.6) is 0 Å². The van der Waals surface area contributed by atoms with Crippen molar-refractivity contribution in [1.82, 2.24) is 0 Å². The summed E-state index contributed by atoms with van der Waals surface area (Å²) in [6.45, 7) is 0. The van der Waals surface area contributed by atoms with Gasteiger partial charge in [-0.05, 0) is 58.2 Å². The molecule has 0 atom stereocenters. The lowest BCUT2D eigenvalue weighted by Gasteiger charge is -2.14. The molecule has 2 aliphatic rings. The number of rotatable bonds is 2. The number of fused-ring (bicyclic) bond motifs is 2. The van der Waals surface area contributed by atoms with Crippen molar-refractivity contribution >= 4 is 16.8 Å². The van der Waals surface area contributed by atoms with Crippen molar-refractivity contribution in [3.05, 3.63) is 77.4 Å². The molecular formula is C24H22. The van der Waals surface area contributed by atoms with Gasteiger partial charge >= 0.3 is 0 Å². The summed E-state index contributed by atoms with van der Waals surface area (Å²) in [6.07, 6.45) is 9.25. The van der Waals surface area contributed by atoms with Crippen LogP contribution in [0.25, 0.3) is 28.0 Å². The maximum absolute atomic E-state index is 2.49. The van der Waals surface area contributed by atoms with E-state index in [1.54, 1.807) is 5.57 Å². The molecule has 5 rings (SSSR count). The summed E-state index contributed by atoms with van der Waals surface area (Å²) in [5.41, 5.74) is 7.47. The van der Waals surface area contributed by atoms with Gasteiger partial charge in [0.25, 0.3) is 0 Å². The molecule has 0 heteroatoms. The summed E-state index contributed by atoms with van der Waals surface area (Å²) in [5.74, 6) is 0.831. The molecule has 24 heavy (non-hydrogen) atoms. The Balaban J connectivity index is 1.62. The van der Waals surface area contributed by atoms with E-state index in [1.807, 2.05) is 0 Å². The molecule has 0 radical (unpaired) electrons. The molecule has 1 fully saturated rings. The predicted molar refractivity (Wildman–Crippen MR) is 103 cm³/mol. The van der Waals surface area contributed by atoms with Crippen LogP contribution < -0.4 is 0 Å². The van der Waals surface area contributed by atoms with E-state index in [0.29, 0.717) is 0 Å². The van der Waals surface area contributed by atoms with E-state index in [9.17, 15) is 0 Å². The van der Waals surface area contributed by atoms with Crippen molar-refractivity contribution in [3.8, 4) is 11.1 Å². The first-order valence-electron chi connectivity index (χ1n) is 9.21. The predicted octanol–water partition coefficient (Wildman–Crippen LogP) is 6.64. The highest BCUT2D eigenvalue weighted by Crippen LogP contribution is 2.42. The van der Waals surface area contributed by atoms with E-state index in [4.69, 9.17) is 0 Å². The zero-order chi connectivity index (χ0) is 15.9. The van der Waals surface area contributed by atoms with Gasteiger partial charge in [0, 0.05) is 0 Å². The highest BCUT2D eigenvalue weighted by Gasteiger charge is 2.25. The summed E-state index contributed by atoms with van der Waals surface area (Å²) in [6, 6.07) is 22.3. The molecule has 2 aliphatic carbocycles. The van der Waals surface area contributed by atoms with E-state index in [-0.39, 0.29) is 0 Å². The van der Waals surface area contributed by atoms with E-state index in [0.717, 1.165) is 12.3 Å². The molecule has 0 bridgehead atoms. The molecule has 0 N–H and O–H groups in total. The standard InChI is InChI=1S/C24H22/c1-2-8-17(7-1)20-15-19-11-6-14-23(24(19)16-20)22-13-5-10-18-9-3-4-12-21(18)22/h3-6,9-15,17H,1-2,7-8,16H2. The fourth-order valence-electron chi connectivity index (χ4n) is 4.66. The quantitative estimate of drug-likeness (QED) is 0.498. The maximum Gasteiger partial charge on any atom is -0.00489 e. The van der Waals surface area contributed by atoms with E-state index >= 15 is 0 Å². The van der Waals surface area contributed by atoms with Crippen LogP contribution in [0.3, 0.4) is 0 Å². The average molecular weight is 310 g/mol. The second kappa shape index (κ2) is 5.63. The summed E-state index contributed by atoms with van der Waals surface area (Å²) in [5, 5.41) is 2.69. The topological polar surface area (TPSA) is 0 Å². The Morgan fingerprint density at radius 3 is 2.38 bits per heavy atom. The van der Waals surface area contributed by atoms with Crippen molar-refractivity contribution < 1.29 is 0 Å². The molecular weight excluding hydrogens is 288 g/mol. The second-order valence-corrected chi connectivity index (χ2v) is 7.28. The SMILES string of the molecule is C1=C(C2CCCC2)Cc2c1cccc2-c1cccc2ccccc12. The maximum atomic E-state index is 2.49. The summed E-state index contributed by atoms with van der Waals surface area (Å²) >= 11 is 0. The van der Waals surface area contributed by atoms with Crippen molar-refractivity contribution in [2.45, 2.75) is 32.1 Å². The average Bonchev–Trinajstić information content (AvgIpc) is 3.30. The molecule has 0 spiro atoms. The van der Waals surface area contributed by atoms with Gasteiger partial charge in [0.1, 0.15) is 0 Å². The number of benzene rings is 3. The van der Waals surface area contributed by atoms with Gasteiger partial charge in [0.2, 0.25) is 0 Å². The molecule has 3 aromatic rings. The van der Waals surface area contributed by atoms with Crippen molar-refractivity contribution in [2.24, 2.45) is 5.92 Å². The van der Waals surface area contributed by atoms with Gasteiger partial charge in [-0.3, -0.25) is 0 Å². The summed E-state index contributed by atoms with van der Waals surface area (Å²) in [4.78, 5) is 0. The Morgan fingerprint density at radius 2 is 1.46 bits per heavy atom. The highest BCUT2D eigenvalue weighted by atomic mass is 14.3. The largest absolute Gasteiger partial charge is 0.0621 e.